The maximum Gasteiger partial charge on any atom is 0.198 e. The molecule has 66 heavy (non-hydrogen) atoms. The Balaban J connectivity index is 0.741. The van der Waals surface area contributed by atoms with Gasteiger partial charge in [-0.1, -0.05) is 41.5 Å². The molecule has 10 fully saturated rings. The normalized spacial score (nSPS) is 61.6. The fraction of sp³-hybridized carbons (Fsp3) is 0.926. The molecule has 1 aromatic rings. The van der Waals surface area contributed by atoms with E-state index in [0.717, 1.165) is 77.0 Å². The molecule has 0 bridgehead atoms. The molecular formula is C54H80N2O10. The summed E-state index contributed by atoms with van der Waals surface area (Å²) in [5.74, 6) is 1.04. The minimum absolute atomic E-state index is 0.0211. The fourth-order valence-electron chi connectivity index (χ4n) is 21.1. The maximum absolute atomic E-state index is 12.5. The second-order valence-corrected chi connectivity index (χ2v) is 27.0. The summed E-state index contributed by atoms with van der Waals surface area (Å²) >= 11 is 0. The van der Waals surface area contributed by atoms with Gasteiger partial charge in [0.05, 0.1) is 71.6 Å². The van der Waals surface area contributed by atoms with Crippen LogP contribution in [0.1, 0.15) is 142 Å². The molecule has 6 N–H and O–H groups in total. The number of aliphatic hydroxyl groups is 6. The lowest BCUT2D eigenvalue weighted by atomic mass is 9.43. The predicted molar refractivity (Wildman–Crippen MR) is 241 cm³/mol. The van der Waals surface area contributed by atoms with Crippen molar-refractivity contribution in [3.63, 3.8) is 0 Å². The second-order valence-electron chi connectivity index (χ2n) is 27.0. The SMILES string of the molecule is C[C@H]1[C@H]2[C@H](C[C@H]3[C@@H]4CC[C@H]5Cc6nc7c(nc6C[C@]5(C)[C@H]4C[C@@H](O)[C@]23C)C[C@@H]2CC[C@@H]3[C@H](C[C@@H](O)[C@]4(C)[C@@H]5[C@H](C[C@@H]34)O[C@]3(O[C@](C)(CO)C[C@H]3O)[C@H]5C)[C@@]2(C)C7)O[C@]12O[C@](C)(CO)C[C@H]2O. The van der Waals surface area contributed by atoms with Gasteiger partial charge in [-0.05, 0) is 149 Å². The maximum atomic E-state index is 12.5. The second kappa shape index (κ2) is 13.8. The zero-order chi connectivity index (χ0) is 46.3. The highest BCUT2D eigenvalue weighted by atomic mass is 16.7. The first kappa shape index (κ1) is 44.6. The number of hydrogen-bond donors (Lipinski definition) is 6. The molecule has 0 radical (unpaired) electrons. The number of hydrogen-bond acceptors (Lipinski definition) is 12. The Morgan fingerprint density at radius 3 is 1.27 bits per heavy atom. The van der Waals surface area contributed by atoms with Gasteiger partial charge in [0.25, 0.3) is 0 Å². The number of rotatable bonds is 2. The van der Waals surface area contributed by atoms with Crippen molar-refractivity contribution in [2.24, 2.45) is 92.7 Å². The van der Waals surface area contributed by atoms with Crippen molar-refractivity contribution < 1.29 is 49.6 Å². The summed E-state index contributed by atoms with van der Waals surface area (Å²) in [6, 6.07) is 0. The first-order valence-electron chi connectivity index (χ1n) is 26.7. The van der Waals surface area contributed by atoms with E-state index < -0.39 is 47.2 Å². The van der Waals surface area contributed by atoms with E-state index in [2.05, 4.69) is 41.5 Å². The zero-order valence-electron chi connectivity index (χ0n) is 40.9. The van der Waals surface area contributed by atoms with E-state index in [4.69, 9.17) is 28.9 Å². The van der Waals surface area contributed by atoms with Gasteiger partial charge in [0.15, 0.2) is 11.6 Å². The summed E-state index contributed by atoms with van der Waals surface area (Å²) in [5.41, 5.74) is 2.47. The van der Waals surface area contributed by atoms with Gasteiger partial charge in [-0.25, -0.2) is 0 Å². The summed E-state index contributed by atoms with van der Waals surface area (Å²) in [6.45, 7) is 17.4. The van der Waals surface area contributed by atoms with E-state index in [1.807, 2.05) is 13.8 Å². The van der Waals surface area contributed by atoms with Gasteiger partial charge in [0, 0.05) is 47.3 Å². The Morgan fingerprint density at radius 2 is 0.909 bits per heavy atom. The van der Waals surface area contributed by atoms with Crippen molar-refractivity contribution >= 4 is 0 Å². The molecule has 366 valence electrons. The van der Waals surface area contributed by atoms with Crippen LogP contribution in [0.15, 0.2) is 0 Å². The van der Waals surface area contributed by atoms with Gasteiger partial charge in [0.1, 0.15) is 12.2 Å². The van der Waals surface area contributed by atoms with E-state index in [0.29, 0.717) is 60.2 Å². The topological polar surface area (TPSA) is 184 Å². The van der Waals surface area contributed by atoms with Crippen molar-refractivity contribution in [3.05, 3.63) is 22.8 Å². The lowest BCUT2D eigenvalue weighted by Gasteiger charge is -2.62. The molecule has 4 aliphatic heterocycles. The van der Waals surface area contributed by atoms with Crippen LogP contribution in [-0.4, -0.2) is 113 Å². The van der Waals surface area contributed by atoms with Gasteiger partial charge in [-0.3, -0.25) is 9.97 Å². The van der Waals surface area contributed by atoms with Crippen LogP contribution in [-0.2, 0) is 44.6 Å². The highest BCUT2D eigenvalue weighted by Crippen LogP contribution is 2.74. The largest absolute Gasteiger partial charge is 0.393 e. The quantitative estimate of drug-likeness (QED) is 0.225. The molecule has 0 unspecified atom stereocenters. The molecule has 5 heterocycles. The number of ether oxygens (including phenoxy) is 4. The van der Waals surface area contributed by atoms with E-state index >= 15 is 0 Å². The summed E-state index contributed by atoms with van der Waals surface area (Å²) in [6.07, 6.45) is 9.56. The number of aromatic nitrogens is 2. The molecule has 12 heteroatoms. The Hall–Kier alpha value is -1.32. The van der Waals surface area contributed by atoms with Crippen molar-refractivity contribution in [3.8, 4) is 0 Å². The fourth-order valence-corrected chi connectivity index (χ4v) is 21.1. The van der Waals surface area contributed by atoms with Crippen LogP contribution >= 0.6 is 0 Å². The van der Waals surface area contributed by atoms with Crippen molar-refractivity contribution in [1.29, 1.82) is 0 Å². The average Bonchev–Trinajstić information content (AvgIpc) is 4.04. The molecule has 0 aromatic carbocycles. The molecule has 12 aliphatic rings. The van der Waals surface area contributed by atoms with Gasteiger partial charge in [-0.2, -0.15) is 0 Å². The Labute approximate surface area is 391 Å². The smallest absolute Gasteiger partial charge is 0.198 e. The lowest BCUT2D eigenvalue weighted by Crippen LogP contribution is -2.60. The monoisotopic (exact) mass is 917 g/mol. The molecule has 12 nitrogen and oxygen atoms in total. The molecule has 4 saturated heterocycles. The number of nitrogens with zero attached hydrogens (tertiary/aromatic N) is 2. The van der Waals surface area contributed by atoms with E-state index in [1.165, 1.54) is 22.8 Å². The minimum atomic E-state index is -1.14. The Morgan fingerprint density at radius 1 is 0.515 bits per heavy atom. The molecule has 0 amide bonds. The van der Waals surface area contributed by atoms with E-state index in [-0.39, 0.29) is 70.8 Å². The summed E-state index contributed by atoms with van der Waals surface area (Å²) in [4.78, 5) is 11.3. The summed E-state index contributed by atoms with van der Waals surface area (Å²) in [7, 11) is 0. The first-order valence-corrected chi connectivity index (χ1v) is 26.7. The third-order valence-corrected chi connectivity index (χ3v) is 24.4. The van der Waals surface area contributed by atoms with Crippen LogP contribution in [0.2, 0.25) is 0 Å². The first-order chi connectivity index (χ1) is 31.1. The molecular weight excluding hydrogens is 837 g/mol. The average molecular weight is 917 g/mol. The highest BCUT2D eigenvalue weighted by molar-refractivity contribution is 5.32. The van der Waals surface area contributed by atoms with Crippen LogP contribution in [0.25, 0.3) is 0 Å². The molecule has 6 saturated carbocycles. The highest BCUT2D eigenvalue weighted by Gasteiger charge is 2.77. The standard InChI is InChI=1S/C54H80N2O10/c1-25-45-39(63-53(25)43(61)21-47(3,23-57)65-53)15-33-29-11-9-27-13-35-37(19-49(27,5)31(29)17-41(59)51(33,45)7)55-36-14-28-10-12-30-32(50(28,6)20-38(36)56-35)18-42(60)52(8)34(30)16-40-46(52)26(2)54(64-40)44(62)22-48(4,24-58)66-54/h25-34,39-46,57-62H,9-24H2,1-8H3/t25-,26-,27-,28-,29+,30+,31-,32-,33-,34-,39-,40-,41+,42+,43+,44+,45-,46-,47-,48-,49-,50-,51+,52+,53-,54-/m0/s1. The summed E-state index contributed by atoms with van der Waals surface area (Å²) < 4.78 is 26.8. The van der Waals surface area contributed by atoms with Gasteiger partial charge < -0.3 is 49.6 Å². The Kier molecular flexibility index (Phi) is 9.32. The van der Waals surface area contributed by atoms with Crippen molar-refractivity contribution in [2.45, 2.75) is 205 Å². The van der Waals surface area contributed by atoms with E-state index in [9.17, 15) is 30.6 Å². The molecule has 13 rings (SSSR count). The number of fused-ring (bicyclic) bond motifs is 16. The van der Waals surface area contributed by atoms with Crippen molar-refractivity contribution in [1.82, 2.24) is 9.97 Å². The van der Waals surface area contributed by atoms with Crippen LogP contribution < -0.4 is 0 Å². The third-order valence-electron chi connectivity index (χ3n) is 24.4. The zero-order valence-corrected chi connectivity index (χ0v) is 40.9. The van der Waals surface area contributed by atoms with Crippen LogP contribution in [0.4, 0.5) is 0 Å². The lowest BCUT2D eigenvalue weighted by molar-refractivity contribution is -0.287. The molecule has 1 aromatic heterocycles. The van der Waals surface area contributed by atoms with Crippen molar-refractivity contribution in [2.75, 3.05) is 13.2 Å². The predicted octanol–water partition coefficient (Wildman–Crippen LogP) is 5.31. The van der Waals surface area contributed by atoms with Crippen LogP contribution in [0, 0.1) is 92.7 Å². The minimum Gasteiger partial charge on any atom is -0.393 e. The molecule has 2 spiro atoms. The van der Waals surface area contributed by atoms with Crippen LogP contribution in [0.5, 0.6) is 0 Å². The third kappa shape index (κ3) is 5.27. The van der Waals surface area contributed by atoms with Crippen LogP contribution in [0.3, 0.4) is 0 Å². The van der Waals surface area contributed by atoms with Gasteiger partial charge in [-0.15, -0.1) is 0 Å². The van der Waals surface area contributed by atoms with Gasteiger partial charge in [0.2, 0.25) is 0 Å². The molecule has 26 atom stereocenters. The number of aliphatic hydroxyl groups excluding tert-OH is 6. The summed E-state index contributed by atoms with van der Waals surface area (Å²) in [5, 5.41) is 68.2. The molecule has 8 aliphatic carbocycles. The van der Waals surface area contributed by atoms with E-state index in [1.54, 1.807) is 0 Å². The Bertz CT molecular complexity index is 2050. The van der Waals surface area contributed by atoms with Gasteiger partial charge >= 0.3 is 0 Å².